The van der Waals surface area contributed by atoms with Gasteiger partial charge in [0.15, 0.2) is 0 Å². The predicted octanol–water partition coefficient (Wildman–Crippen LogP) is 4.15. The molecule has 0 fully saturated rings. The summed E-state index contributed by atoms with van der Waals surface area (Å²) in [5.74, 6) is 0.914. The summed E-state index contributed by atoms with van der Waals surface area (Å²) >= 11 is 0. The first-order valence-corrected chi connectivity index (χ1v) is 7.72. The summed E-state index contributed by atoms with van der Waals surface area (Å²) in [5.41, 5.74) is 4.02. The van der Waals surface area contributed by atoms with Gasteiger partial charge in [-0.25, -0.2) is 0 Å². The van der Waals surface area contributed by atoms with Crippen LogP contribution in [0.1, 0.15) is 36.6 Å². The Kier molecular flexibility index (Phi) is 5.82. The van der Waals surface area contributed by atoms with E-state index in [1.54, 1.807) is 7.11 Å². The topological polar surface area (TPSA) is 21.3 Å². The Morgan fingerprint density at radius 3 is 2.33 bits per heavy atom. The van der Waals surface area contributed by atoms with Crippen LogP contribution >= 0.6 is 0 Å². The lowest BCUT2D eigenvalue weighted by atomic mass is 9.97. The van der Waals surface area contributed by atoms with E-state index in [4.69, 9.17) is 4.74 Å². The van der Waals surface area contributed by atoms with E-state index >= 15 is 0 Å². The minimum atomic E-state index is 0.317. The highest BCUT2D eigenvalue weighted by atomic mass is 16.5. The van der Waals surface area contributed by atoms with Crippen molar-refractivity contribution >= 4 is 0 Å². The third-order valence-electron chi connectivity index (χ3n) is 3.82. The average Bonchev–Trinajstić information content (AvgIpc) is 2.55. The SMILES string of the molecule is CCNC(Cc1ccc(CC)cc1)c1cccc(OC)c1. The highest BCUT2D eigenvalue weighted by Gasteiger charge is 2.12. The summed E-state index contributed by atoms with van der Waals surface area (Å²) in [6.45, 7) is 5.29. The summed E-state index contributed by atoms with van der Waals surface area (Å²) in [5, 5.41) is 3.57. The highest BCUT2D eigenvalue weighted by Crippen LogP contribution is 2.22. The normalized spacial score (nSPS) is 12.1. The fourth-order valence-electron chi connectivity index (χ4n) is 2.56. The summed E-state index contributed by atoms with van der Waals surface area (Å²) in [6, 6.07) is 17.6. The molecule has 21 heavy (non-hydrogen) atoms. The minimum Gasteiger partial charge on any atom is -0.497 e. The number of hydrogen-bond donors (Lipinski definition) is 1. The zero-order valence-electron chi connectivity index (χ0n) is 13.2. The second kappa shape index (κ2) is 7.84. The van der Waals surface area contributed by atoms with Gasteiger partial charge in [-0.05, 0) is 48.2 Å². The van der Waals surface area contributed by atoms with Crippen molar-refractivity contribution in [3.05, 3.63) is 65.2 Å². The number of ether oxygens (including phenoxy) is 1. The van der Waals surface area contributed by atoms with Crippen molar-refractivity contribution in [3.8, 4) is 5.75 Å². The molecule has 0 aliphatic carbocycles. The maximum absolute atomic E-state index is 5.34. The van der Waals surface area contributed by atoms with Crippen molar-refractivity contribution in [2.24, 2.45) is 0 Å². The Morgan fingerprint density at radius 1 is 1.00 bits per heavy atom. The van der Waals surface area contributed by atoms with Crippen LogP contribution in [0.5, 0.6) is 5.75 Å². The van der Waals surface area contributed by atoms with Crippen LogP contribution in [0, 0.1) is 0 Å². The number of hydrogen-bond acceptors (Lipinski definition) is 2. The van der Waals surface area contributed by atoms with Crippen molar-refractivity contribution in [1.82, 2.24) is 5.32 Å². The van der Waals surface area contributed by atoms with E-state index in [1.165, 1.54) is 16.7 Å². The van der Waals surface area contributed by atoms with Gasteiger partial charge in [-0.3, -0.25) is 0 Å². The predicted molar refractivity (Wildman–Crippen MR) is 88.9 cm³/mol. The lowest BCUT2D eigenvalue weighted by Gasteiger charge is -2.19. The summed E-state index contributed by atoms with van der Waals surface area (Å²) in [6.07, 6.45) is 2.08. The molecule has 0 aromatic heterocycles. The van der Waals surface area contributed by atoms with Gasteiger partial charge in [-0.2, -0.15) is 0 Å². The maximum atomic E-state index is 5.34. The Hall–Kier alpha value is -1.80. The quantitative estimate of drug-likeness (QED) is 0.824. The Balaban J connectivity index is 2.17. The average molecular weight is 283 g/mol. The van der Waals surface area contributed by atoms with Gasteiger partial charge in [0.25, 0.3) is 0 Å². The van der Waals surface area contributed by atoms with Crippen molar-refractivity contribution in [2.75, 3.05) is 13.7 Å². The van der Waals surface area contributed by atoms with Crippen LogP contribution in [-0.4, -0.2) is 13.7 Å². The molecule has 0 amide bonds. The van der Waals surface area contributed by atoms with Crippen molar-refractivity contribution in [1.29, 1.82) is 0 Å². The molecule has 2 rings (SSSR count). The molecule has 0 saturated heterocycles. The molecular formula is C19H25NO. The Labute approximate surface area is 128 Å². The number of aryl methyl sites for hydroxylation is 1. The standard InChI is InChI=1S/C19H25NO/c1-4-15-9-11-16(12-10-15)13-19(20-5-2)17-7-6-8-18(14-17)21-3/h6-12,14,19-20H,4-5,13H2,1-3H3. The number of rotatable bonds is 7. The fraction of sp³-hybridized carbons (Fsp3) is 0.368. The van der Waals surface area contributed by atoms with Gasteiger partial charge in [-0.15, -0.1) is 0 Å². The zero-order valence-corrected chi connectivity index (χ0v) is 13.2. The van der Waals surface area contributed by atoms with Crippen LogP contribution < -0.4 is 10.1 Å². The molecule has 0 aliphatic rings. The van der Waals surface area contributed by atoms with Crippen LogP contribution in [0.2, 0.25) is 0 Å². The largest absolute Gasteiger partial charge is 0.497 e. The van der Waals surface area contributed by atoms with E-state index in [1.807, 2.05) is 6.07 Å². The van der Waals surface area contributed by atoms with Crippen LogP contribution in [0.25, 0.3) is 0 Å². The van der Waals surface area contributed by atoms with E-state index in [-0.39, 0.29) is 0 Å². The smallest absolute Gasteiger partial charge is 0.119 e. The van der Waals surface area contributed by atoms with Crippen LogP contribution in [0.4, 0.5) is 0 Å². The minimum absolute atomic E-state index is 0.317. The first kappa shape index (κ1) is 15.6. The molecule has 2 nitrogen and oxygen atoms in total. The van der Waals surface area contributed by atoms with Crippen molar-refractivity contribution in [2.45, 2.75) is 32.7 Å². The summed E-state index contributed by atoms with van der Waals surface area (Å²) in [4.78, 5) is 0. The molecule has 0 heterocycles. The second-order valence-corrected chi connectivity index (χ2v) is 5.26. The number of likely N-dealkylation sites (N-methyl/N-ethyl adjacent to an activating group) is 1. The molecule has 1 atom stereocenters. The van der Waals surface area contributed by atoms with Gasteiger partial charge >= 0.3 is 0 Å². The third-order valence-corrected chi connectivity index (χ3v) is 3.82. The van der Waals surface area contributed by atoms with Gasteiger partial charge in [0.1, 0.15) is 5.75 Å². The lowest BCUT2D eigenvalue weighted by Crippen LogP contribution is -2.23. The molecule has 2 aromatic carbocycles. The molecule has 1 unspecified atom stereocenters. The highest BCUT2D eigenvalue weighted by molar-refractivity contribution is 5.32. The van der Waals surface area contributed by atoms with E-state index in [9.17, 15) is 0 Å². The van der Waals surface area contributed by atoms with Crippen LogP contribution in [0.3, 0.4) is 0 Å². The van der Waals surface area contributed by atoms with Gasteiger partial charge in [-0.1, -0.05) is 50.2 Å². The molecule has 0 spiro atoms. The van der Waals surface area contributed by atoms with Crippen LogP contribution in [-0.2, 0) is 12.8 Å². The van der Waals surface area contributed by atoms with Gasteiger partial charge in [0, 0.05) is 6.04 Å². The fourth-order valence-corrected chi connectivity index (χ4v) is 2.56. The second-order valence-electron chi connectivity index (χ2n) is 5.26. The van der Waals surface area contributed by atoms with Gasteiger partial charge < -0.3 is 10.1 Å². The van der Waals surface area contributed by atoms with E-state index in [0.29, 0.717) is 6.04 Å². The molecule has 2 aromatic rings. The lowest BCUT2D eigenvalue weighted by molar-refractivity contribution is 0.413. The Morgan fingerprint density at radius 2 is 1.71 bits per heavy atom. The van der Waals surface area contributed by atoms with Gasteiger partial charge in [0.2, 0.25) is 0 Å². The van der Waals surface area contributed by atoms with Gasteiger partial charge in [0.05, 0.1) is 7.11 Å². The summed E-state index contributed by atoms with van der Waals surface area (Å²) in [7, 11) is 1.71. The molecule has 112 valence electrons. The maximum Gasteiger partial charge on any atom is 0.119 e. The first-order valence-electron chi connectivity index (χ1n) is 7.72. The summed E-state index contributed by atoms with van der Waals surface area (Å²) < 4.78 is 5.34. The third kappa shape index (κ3) is 4.33. The number of benzene rings is 2. The monoisotopic (exact) mass is 283 g/mol. The molecule has 0 saturated carbocycles. The molecule has 2 heteroatoms. The molecular weight excluding hydrogens is 258 g/mol. The number of methoxy groups -OCH3 is 1. The van der Waals surface area contributed by atoms with E-state index in [2.05, 4.69) is 61.6 Å². The molecule has 0 bridgehead atoms. The first-order chi connectivity index (χ1) is 10.3. The number of nitrogens with one attached hydrogen (secondary N) is 1. The molecule has 1 N–H and O–H groups in total. The zero-order chi connectivity index (χ0) is 15.1. The van der Waals surface area contributed by atoms with E-state index in [0.717, 1.165) is 25.1 Å². The van der Waals surface area contributed by atoms with Crippen molar-refractivity contribution in [3.63, 3.8) is 0 Å². The van der Waals surface area contributed by atoms with Crippen LogP contribution in [0.15, 0.2) is 48.5 Å². The Bertz CT molecular complexity index is 548. The van der Waals surface area contributed by atoms with Crippen molar-refractivity contribution < 1.29 is 4.74 Å². The molecule has 0 radical (unpaired) electrons. The molecule has 0 aliphatic heterocycles. The van der Waals surface area contributed by atoms with E-state index < -0.39 is 0 Å².